The van der Waals surface area contributed by atoms with Crippen molar-refractivity contribution in [3.63, 3.8) is 0 Å². The van der Waals surface area contributed by atoms with E-state index in [-0.39, 0.29) is 10.8 Å². The zero-order valence-electron chi connectivity index (χ0n) is 15.7. The summed E-state index contributed by atoms with van der Waals surface area (Å²) >= 11 is 1.12. The highest BCUT2D eigenvalue weighted by atomic mass is 32.2. The molecule has 0 bridgehead atoms. The highest BCUT2D eigenvalue weighted by molar-refractivity contribution is 7.91. The number of ether oxygens (including phenoxy) is 1. The zero-order chi connectivity index (χ0) is 20.7. The summed E-state index contributed by atoms with van der Waals surface area (Å²) in [6, 6.07) is 3.19. The minimum atomic E-state index is -3.71. The molecule has 2 aromatic heterocycles. The van der Waals surface area contributed by atoms with Gasteiger partial charge in [0, 0.05) is 32.0 Å². The van der Waals surface area contributed by atoms with Crippen molar-refractivity contribution in [1.29, 1.82) is 0 Å². The maximum atomic E-state index is 12.8. The van der Waals surface area contributed by atoms with Crippen molar-refractivity contribution < 1.29 is 22.7 Å². The fourth-order valence-electron chi connectivity index (χ4n) is 2.85. The molecular formula is C17H23N5O5S2. The summed E-state index contributed by atoms with van der Waals surface area (Å²) in [7, 11) is -3.71. The Kier molecular flexibility index (Phi) is 7.36. The lowest BCUT2D eigenvalue weighted by atomic mass is 10.3. The van der Waals surface area contributed by atoms with Crippen molar-refractivity contribution in [2.45, 2.75) is 29.8 Å². The summed E-state index contributed by atoms with van der Waals surface area (Å²) in [5, 5.41) is 6.69. The second-order valence-corrected chi connectivity index (χ2v) is 9.41. The van der Waals surface area contributed by atoms with Crippen LogP contribution in [0.5, 0.6) is 0 Å². The van der Waals surface area contributed by atoms with Crippen LogP contribution in [0.3, 0.4) is 0 Å². The molecule has 0 aromatic carbocycles. The van der Waals surface area contributed by atoms with E-state index in [0.717, 1.165) is 11.3 Å². The minimum Gasteiger partial charge on any atom is -0.360 e. The summed E-state index contributed by atoms with van der Waals surface area (Å²) < 4.78 is 34.4. The first-order valence-electron chi connectivity index (χ1n) is 9.17. The van der Waals surface area contributed by atoms with Gasteiger partial charge in [0.2, 0.25) is 0 Å². The van der Waals surface area contributed by atoms with Gasteiger partial charge in [-0.1, -0.05) is 6.07 Å². The van der Waals surface area contributed by atoms with E-state index in [1.54, 1.807) is 24.0 Å². The van der Waals surface area contributed by atoms with Gasteiger partial charge in [-0.15, -0.1) is 11.3 Å². The Morgan fingerprint density at radius 3 is 2.86 bits per heavy atom. The number of carbonyl (C=O) groups excluding carboxylic acids is 2. The van der Waals surface area contributed by atoms with E-state index in [9.17, 15) is 18.0 Å². The molecule has 12 heteroatoms. The molecule has 1 aliphatic rings. The molecule has 1 saturated heterocycles. The number of hydrogen-bond donors (Lipinski definition) is 2. The number of aryl methyl sites for hydroxylation is 1. The molecule has 2 amide bonds. The van der Waals surface area contributed by atoms with Gasteiger partial charge in [0.25, 0.3) is 10.0 Å². The lowest BCUT2D eigenvalue weighted by molar-refractivity contribution is -0.140. The summed E-state index contributed by atoms with van der Waals surface area (Å²) in [5.41, 5.74) is 0. The van der Waals surface area contributed by atoms with E-state index in [1.165, 1.54) is 10.4 Å². The van der Waals surface area contributed by atoms with Gasteiger partial charge in [-0.3, -0.25) is 9.59 Å². The van der Waals surface area contributed by atoms with Crippen LogP contribution in [0.25, 0.3) is 0 Å². The van der Waals surface area contributed by atoms with Gasteiger partial charge in [-0.2, -0.15) is 4.31 Å². The molecule has 0 saturated carbocycles. The van der Waals surface area contributed by atoms with E-state index in [2.05, 4.69) is 15.6 Å². The number of nitrogens with one attached hydrogen (secondary N) is 2. The Hall–Kier alpha value is -2.28. The van der Waals surface area contributed by atoms with Gasteiger partial charge in [-0.05, 0) is 24.3 Å². The molecule has 158 valence electrons. The molecule has 1 fully saturated rings. The van der Waals surface area contributed by atoms with Crippen LogP contribution in [-0.4, -0.2) is 66.6 Å². The molecule has 2 N–H and O–H groups in total. The summed E-state index contributed by atoms with van der Waals surface area (Å²) in [4.78, 5) is 27.9. The van der Waals surface area contributed by atoms with Gasteiger partial charge in [0.15, 0.2) is 0 Å². The number of thiophene rings is 1. The van der Waals surface area contributed by atoms with Gasteiger partial charge in [-0.25, -0.2) is 13.4 Å². The Bertz CT molecular complexity index is 899. The Labute approximate surface area is 172 Å². The van der Waals surface area contributed by atoms with Crippen LogP contribution in [-0.2, 0) is 30.9 Å². The van der Waals surface area contributed by atoms with Crippen molar-refractivity contribution in [3.05, 3.63) is 36.2 Å². The van der Waals surface area contributed by atoms with E-state index < -0.39 is 28.1 Å². The molecule has 0 spiro atoms. The summed E-state index contributed by atoms with van der Waals surface area (Å²) in [5.74, 6) is -1.59. The third-order valence-corrected chi connectivity index (χ3v) is 7.56. The van der Waals surface area contributed by atoms with Crippen LogP contribution in [0.4, 0.5) is 0 Å². The molecule has 10 nitrogen and oxygen atoms in total. The lowest BCUT2D eigenvalue weighted by Crippen LogP contribution is -2.53. The average Bonchev–Trinajstić information content (AvgIpc) is 3.43. The topological polar surface area (TPSA) is 123 Å². The zero-order valence-corrected chi connectivity index (χ0v) is 17.3. The minimum absolute atomic E-state index is 0.105. The normalized spacial score (nSPS) is 17.7. The van der Waals surface area contributed by atoms with Gasteiger partial charge < -0.3 is 19.9 Å². The van der Waals surface area contributed by atoms with Crippen molar-refractivity contribution >= 4 is 33.2 Å². The maximum absolute atomic E-state index is 12.8. The first-order chi connectivity index (χ1) is 14.0. The molecule has 3 heterocycles. The summed E-state index contributed by atoms with van der Waals surface area (Å²) in [6.45, 7) is 1.58. The molecule has 1 atom stereocenters. The monoisotopic (exact) mass is 441 g/mol. The van der Waals surface area contributed by atoms with Crippen LogP contribution < -0.4 is 10.6 Å². The molecule has 0 radical (unpaired) electrons. The average molecular weight is 442 g/mol. The Balaban J connectivity index is 1.46. The number of carbonyl (C=O) groups is 2. The smallest absolute Gasteiger partial charge is 0.309 e. The number of aromatic nitrogens is 2. The molecule has 0 unspecified atom stereocenters. The second kappa shape index (κ2) is 9.96. The van der Waals surface area contributed by atoms with E-state index >= 15 is 0 Å². The van der Waals surface area contributed by atoms with Crippen molar-refractivity contribution in [2.75, 3.05) is 26.2 Å². The van der Waals surface area contributed by atoms with E-state index in [0.29, 0.717) is 39.1 Å². The number of sulfonamides is 1. The third kappa shape index (κ3) is 5.63. The quantitative estimate of drug-likeness (QED) is 0.439. The Morgan fingerprint density at radius 2 is 2.14 bits per heavy atom. The molecule has 0 aliphatic carbocycles. The molecule has 29 heavy (non-hydrogen) atoms. The van der Waals surface area contributed by atoms with E-state index in [1.807, 2.05) is 10.8 Å². The summed E-state index contributed by atoms with van der Waals surface area (Å²) in [6.07, 6.45) is 5.51. The number of hydrogen-bond acceptors (Lipinski definition) is 7. The number of nitrogens with zero attached hydrogens (tertiary/aromatic N) is 3. The second-order valence-electron chi connectivity index (χ2n) is 6.35. The van der Waals surface area contributed by atoms with Crippen LogP contribution in [0, 0.1) is 0 Å². The maximum Gasteiger partial charge on any atom is 0.309 e. The van der Waals surface area contributed by atoms with Gasteiger partial charge in [0.05, 0.1) is 19.5 Å². The van der Waals surface area contributed by atoms with Crippen molar-refractivity contribution in [1.82, 2.24) is 24.5 Å². The predicted molar refractivity (Wildman–Crippen MR) is 105 cm³/mol. The largest absolute Gasteiger partial charge is 0.360 e. The van der Waals surface area contributed by atoms with Crippen molar-refractivity contribution in [2.24, 2.45) is 0 Å². The van der Waals surface area contributed by atoms with Crippen LogP contribution in [0.15, 0.2) is 40.4 Å². The molecular weight excluding hydrogens is 418 g/mol. The first-order valence-corrected chi connectivity index (χ1v) is 11.5. The fraction of sp³-hybridized carbons (Fsp3) is 0.471. The van der Waals surface area contributed by atoms with Crippen LogP contribution in [0.2, 0.25) is 0 Å². The lowest BCUT2D eigenvalue weighted by Gasteiger charge is -2.34. The van der Waals surface area contributed by atoms with E-state index in [4.69, 9.17) is 4.74 Å². The molecule has 2 aromatic rings. The highest BCUT2D eigenvalue weighted by Gasteiger charge is 2.35. The van der Waals surface area contributed by atoms with Gasteiger partial charge in [0.1, 0.15) is 10.4 Å². The SMILES string of the molecule is O=C(NCCCn1ccnc1)C(=O)NC[C@@H]1OCCCN1S(=O)(=O)c1cccs1. The first kappa shape index (κ1) is 21.4. The van der Waals surface area contributed by atoms with Crippen molar-refractivity contribution in [3.8, 4) is 0 Å². The van der Waals surface area contributed by atoms with Crippen LogP contribution in [0.1, 0.15) is 12.8 Å². The fourth-order valence-corrected chi connectivity index (χ4v) is 5.54. The predicted octanol–water partition coefficient (Wildman–Crippen LogP) is 0.00440. The Morgan fingerprint density at radius 1 is 1.31 bits per heavy atom. The number of rotatable bonds is 8. The van der Waals surface area contributed by atoms with Gasteiger partial charge >= 0.3 is 11.8 Å². The van der Waals surface area contributed by atoms with Crippen LogP contribution >= 0.6 is 11.3 Å². The number of imidazole rings is 1. The molecule has 1 aliphatic heterocycles. The third-order valence-electron chi connectivity index (χ3n) is 4.29. The standard InChI is InChI=1S/C17H23N5O5S2/c23-16(19-5-2-7-21-9-6-18-13-21)17(24)20-12-14-22(8-3-10-27-14)29(25,26)15-4-1-11-28-15/h1,4,6,9,11,13-14H,2-3,5,7-8,10,12H2,(H,19,23)(H,20,24)/t14-/m0/s1. The number of amides is 2. The molecule has 3 rings (SSSR count). The highest BCUT2D eigenvalue weighted by Crippen LogP contribution is 2.25.